The van der Waals surface area contributed by atoms with Crippen LogP contribution >= 0.6 is 0 Å². The van der Waals surface area contributed by atoms with Crippen molar-refractivity contribution in [2.75, 3.05) is 26.9 Å². The van der Waals surface area contributed by atoms with Crippen LogP contribution in [0.25, 0.3) is 0 Å². The number of hydrogen-bond donors (Lipinski definition) is 0. The molecule has 2 atom stereocenters. The molecule has 1 aromatic heterocycles. The molecule has 0 saturated carbocycles. The molecule has 148 valence electrons. The summed E-state index contributed by atoms with van der Waals surface area (Å²) in [4.78, 5) is 28.7. The zero-order valence-corrected chi connectivity index (χ0v) is 16.7. The normalized spacial score (nSPS) is 22.6. The maximum Gasteiger partial charge on any atom is 0.280 e. The Labute approximate surface area is 158 Å². The van der Waals surface area contributed by atoms with Crippen molar-refractivity contribution < 1.29 is 22.5 Å². The van der Waals surface area contributed by atoms with Gasteiger partial charge < -0.3 is 14.3 Å². The Hall–Kier alpha value is -2.20. The van der Waals surface area contributed by atoms with Crippen molar-refractivity contribution in [3.63, 3.8) is 0 Å². The molecule has 1 aromatic rings. The number of nitrogens with zero attached hydrogens (tertiary/aromatic N) is 4. The van der Waals surface area contributed by atoms with Gasteiger partial charge in [-0.3, -0.25) is 9.59 Å². The van der Waals surface area contributed by atoms with Crippen molar-refractivity contribution in [3.8, 4) is 0 Å². The molecule has 0 N–H and O–H groups in total. The second kappa shape index (κ2) is 7.08. The van der Waals surface area contributed by atoms with E-state index in [4.69, 9.17) is 4.52 Å². The van der Waals surface area contributed by atoms with Crippen LogP contribution in [0.1, 0.15) is 36.0 Å². The van der Waals surface area contributed by atoms with E-state index in [1.165, 1.54) is 11.1 Å². The molecule has 0 aliphatic carbocycles. The van der Waals surface area contributed by atoms with E-state index in [2.05, 4.69) is 5.16 Å². The molecular weight excluding hydrogens is 372 g/mol. The summed E-state index contributed by atoms with van der Waals surface area (Å²) >= 11 is 0. The highest BCUT2D eigenvalue weighted by molar-refractivity contribution is 7.89. The smallest absolute Gasteiger partial charge is 0.280 e. The Kier molecular flexibility index (Phi) is 5.13. The lowest BCUT2D eigenvalue weighted by Crippen LogP contribution is -2.34. The van der Waals surface area contributed by atoms with E-state index in [1.807, 2.05) is 25.9 Å². The number of rotatable bonds is 6. The van der Waals surface area contributed by atoms with Gasteiger partial charge in [0.1, 0.15) is 0 Å². The summed E-state index contributed by atoms with van der Waals surface area (Å²) in [5, 5.41) is 3.82. The first kappa shape index (κ1) is 19.6. The molecule has 1 saturated heterocycles. The van der Waals surface area contributed by atoms with Gasteiger partial charge >= 0.3 is 0 Å². The minimum atomic E-state index is -3.74. The van der Waals surface area contributed by atoms with Crippen LogP contribution in [-0.4, -0.2) is 66.4 Å². The largest absolute Gasteiger partial charge is 0.359 e. The second-order valence-corrected chi connectivity index (χ2v) is 9.13. The zero-order valence-electron chi connectivity index (χ0n) is 15.9. The SMILES string of the molecule is CCC[C@H]1C(=O)N(S(C)(=O)=O)C2=CN(C(=O)c3cc(CN(C)C)on3)C[C@@H]21. The number of hydrogen-bond acceptors (Lipinski definition) is 7. The number of sulfonamides is 1. The Balaban J connectivity index is 1.87. The van der Waals surface area contributed by atoms with Crippen LogP contribution in [0.5, 0.6) is 0 Å². The number of carbonyl (C=O) groups excluding carboxylic acids is 2. The van der Waals surface area contributed by atoms with E-state index in [0.29, 0.717) is 24.4 Å². The van der Waals surface area contributed by atoms with Crippen molar-refractivity contribution in [2.24, 2.45) is 11.8 Å². The maximum atomic E-state index is 12.8. The average molecular weight is 396 g/mol. The molecule has 3 heterocycles. The standard InChI is InChI=1S/C17H24N4O5S/c1-5-6-12-13-9-20(10-15(13)21(16(12)22)27(4,24)25)17(23)14-7-11(26-18-14)8-19(2)3/h7,10,12-13H,5-6,8-9H2,1-4H3/t12-,13-/m1/s1. The Morgan fingerprint density at radius 1 is 1.41 bits per heavy atom. The Bertz CT molecular complexity index is 889. The fourth-order valence-corrected chi connectivity index (χ4v) is 4.71. The summed E-state index contributed by atoms with van der Waals surface area (Å²) in [6.07, 6.45) is 3.80. The van der Waals surface area contributed by atoms with Gasteiger partial charge in [0.05, 0.1) is 18.5 Å². The summed E-state index contributed by atoms with van der Waals surface area (Å²) < 4.78 is 30.3. The van der Waals surface area contributed by atoms with E-state index in [-0.39, 0.29) is 24.1 Å². The van der Waals surface area contributed by atoms with Gasteiger partial charge in [-0.15, -0.1) is 0 Å². The predicted molar refractivity (Wildman–Crippen MR) is 96.6 cm³/mol. The number of carbonyl (C=O) groups is 2. The number of amides is 2. The summed E-state index contributed by atoms with van der Waals surface area (Å²) in [6, 6.07) is 1.58. The van der Waals surface area contributed by atoms with Gasteiger partial charge in [-0.25, -0.2) is 12.7 Å². The number of aromatic nitrogens is 1. The van der Waals surface area contributed by atoms with E-state index >= 15 is 0 Å². The van der Waals surface area contributed by atoms with Crippen LogP contribution in [0.2, 0.25) is 0 Å². The molecular formula is C17H24N4O5S. The molecule has 2 aliphatic heterocycles. The molecule has 0 aromatic carbocycles. The van der Waals surface area contributed by atoms with E-state index in [9.17, 15) is 18.0 Å². The average Bonchev–Trinajstić information content (AvgIpc) is 3.22. The zero-order chi connectivity index (χ0) is 19.9. The molecule has 0 spiro atoms. The second-order valence-electron chi connectivity index (χ2n) is 7.30. The molecule has 27 heavy (non-hydrogen) atoms. The first-order chi connectivity index (χ1) is 12.6. The van der Waals surface area contributed by atoms with Crippen molar-refractivity contribution in [1.82, 2.24) is 19.3 Å². The molecule has 10 heteroatoms. The number of fused-ring (bicyclic) bond motifs is 1. The van der Waals surface area contributed by atoms with Gasteiger partial charge in [0.2, 0.25) is 15.9 Å². The summed E-state index contributed by atoms with van der Waals surface area (Å²) in [5.41, 5.74) is 0.527. The lowest BCUT2D eigenvalue weighted by Gasteiger charge is -2.18. The molecule has 2 aliphatic rings. The highest BCUT2D eigenvalue weighted by Crippen LogP contribution is 2.42. The van der Waals surface area contributed by atoms with E-state index in [1.54, 1.807) is 6.07 Å². The minimum absolute atomic E-state index is 0.160. The topological polar surface area (TPSA) is 104 Å². The highest BCUT2D eigenvalue weighted by atomic mass is 32.2. The van der Waals surface area contributed by atoms with Gasteiger partial charge in [0.15, 0.2) is 11.5 Å². The summed E-state index contributed by atoms with van der Waals surface area (Å²) in [6.45, 7) is 2.71. The third kappa shape index (κ3) is 3.63. The van der Waals surface area contributed by atoms with Crippen LogP contribution in [0, 0.1) is 11.8 Å². The maximum absolute atomic E-state index is 12.8. The van der Waals surface area contributed by atoms with Crippen molar-refractivity contribution in [1.29, 1.82) is 0 Å². The van der Waals surface area contributed by atoms with Crippen molar-refractivity contribution in [2.45, 2.75) is 26.3 Å². The molecule has 9 nitrogen and oxygen atoms in total. The molecule has 1 fully saturated rings. The van der Waals surface area contributed by atoms with Gasteiger partial charge in [-0.1, -0.05) is 18.5 Å². The molecule has 0 radical (unpaired) electrons. The third-order valence-electron chi connectivity index (χ3n) is 4.74. The third-order valence-corrected chi connectivity index (χ3v) is 5.80. The van der Waals surface area contributed by atoms with Gasteiger partial charge in [0.25, 0.3) is 5.91 Å². The van der Waals surface area contributed by atoms with Crippen LogP contribution < -0.4 is 0 Å². The highest BCUT2D eigenvalue weighted by Gasteiger charge is 2.51. The first-order valence-corrected chi connectivity index (χ1v) is 10.7. The first-order valence-electron chi connectivity index (χ1n) is 8.80. The predicted octanol–water partition coefficient (Wildman–Crippen LogP) is 0.868. The summed E-state index contributed by atoms with van der Waals surface area (Å²) in [7, 11) is 0.00908. The summed E-state index contributed by atoms with van der Waals surface area (Å²) in [5.74, 6) is -0.967. The van der Waals surface area contributed by atoms with Gasteiger partial charge in [-0.2, -0.15) is 0 Å². The Morgan fingerprint density at radius 2 is 2.11 bits per heavy atom. The monoisotopic (exact) mass is 396 g/mol. The Morgan fingerprint density at radius 3 is 2.70 bits per heavy atom. The molecule has 2 amide bonds. The van der Waals surface area contributed by atoms with Crippen LogP contribution in [0.15, 0.2) is 22.5 Å². The molecule has 0 unspecified atom stereocenters. The molecule has 3 rings (SSSR count). The van der Waals surface area contributed by atoms with Gasteiger partial charge in [-0.05, 0) is 20.5 Å². The van der Waals surface area contributed by atoms with Crippen LogP contribution in [0.4, 0.5) is 0 Å². The van der Waals surface area contributed by atoms with Gasteiger partial charge in [0, 0.05) is 30.6 Å². The van der Waals surface area contributed by atoms with Crippen molar-refractivity contribution >= 4 is 21.8 Å². The minimum Gasteiger partial charge on any atom is -0.359 e. The quantitative estimate of drug-likeness (QED) is 0.703. The fourth-order valence-electron chi connectivity index (χ4n) is 3.68. The fraction of sp³-hybridized carbons (Fsp3) is 0.588. The van der Waals surface area contributed by atoms with Crippen LogP contribution in [-0.2, 0) is 21.4 Å². The van der Waals surface area contributed by atoms with Crippen molar-refractivity contribution in [3.05, 3.63) is 29.4 Å². The molecule has 0 bridgehead atoms. The van der Waals surface area contributed by atoms with E-state index < -0.39 is 21.8 Å². The lowest BCUT2D eigenvalue weighted by molar-refractivity contribution is -0.127. The van der Waals surface area contributed by atoms with E-state index in [0.717, 1.165) is 17.0 Å². The van der Waals surface area contributed by atoms with Crippen LogP contribution in [0.3, 0.4) is 0 Å². The lowest BCUT2D eigenvalue weighted by atomic mass is 9.91.